The molecule has 0 fully saturated rings. The van der Waals surface area contributed by atoms with Gasteiger partial charge in [0.2, 0.25) is 10.0 Å². The van der Waals surface area contributed by atoms with Crippen molar-refractivity contribution in [3.05, 3.63) is 120 Å². The number of benzene rings is 3. The van der Waals surface area contributed by atoms with Crippen molar-refractivity contribution in [3.8, 4) is 0 Å². The largest absolute Gasteiger partial charge is 0.321 e. The van der Waals surface area contributed by atoms with E-state index in [2.05, 4.69) is 15.3 Å². The van der Waals surface area contributed by atoms with Crippen LogP contribution in [0.2, 0.25) is 0 Å². The predicted molar refractivity (Wildman–Crippen MR) is 126 cm³/mol. The van der Waals surface area contributed by atoms with Crippen LogP contribution < -0.4 is 5.32 Å². The minimum atomic E-state index is -3.80. The lowest BCUT2D eigenvalue weighted by molar-refractivity contribution is 0.102. The van der Waals surface area contributed by atoms with Crippen LogP contribution >= 0.6 is 0 Å². The van der Waals surface area contributed by atoms with Crippen molar-refractivity contribution < 1.29 is 13.2 Å². The molecular weight excluding hydrogens is 436 g/mol. The number of rotatable bonds is 8. The topological polar surface area (TPSA) is 92.3 Å². The summed E-state index contributed by atoms with van der Waals surface area (Å²) in [6, 6.07) is 25.0. The zero-order chi connectivity index (χ0) is 23.1. The Kier molecular flexibility index (Phi) is 6.87. The smallest absolute Gasteiger partial charge is 0.275 e. The van der Waals surface area contributed by atoms with Gasteiger partial charge in [0.25, 0.3) is 5.91 Å². The van der Waals surface area contributed by atoms with E-state index in [0.29, 0.717) is 5.69 Å². The molecule has 3 aromatic carbocycles. The SMILES string of the molecule is O=C(Nc1ccc(S(=O)(=O)N(Cc2ccccc2)Cc2ccccc2)cc1)c1cnccn1. The van der Waals surface area contributed by atoms with Crippen LogP contribution in [0.25, 0.3) is 0 Å². The second-order valence-electron chi connectivity index (χ2n) is 7.31. The molecular formula is C25H22N4O3S. The Morgan fingerprint density at radius 3 is 1.88 bits per heavy atom. The third-order valence-corrected chi connectivity index (χ3v) is 6.76. The number of aromatic nitrogens is 2. The average Bonchev–Trinajstić information content (AvgIpc) is 2.86. The summed E-state index contributed by atoms with van der Waals surface area (Å²) in [5.74, 6) is -0.423. The number of nitrogens with one attached hydrogen (secondary N) is 1. The van der Waals surface area contributed by atoms with Gasteiger partial charge in [-0.2, -0.15) is 4.31 Å². The minimum Gasteiger partial charge on any atom is -0.321 e. The van der Waals surface area contributed by atoms with Crippen molar-refractivity contribution >= 4 is 21.6 Å². The Labute approximate surface area is 192 Å². The van der Waals surface area contributed by atoms with Crippen LogP contribution in [0.4, 0.5) is 5.69 Å². The highest BCUT2D eigenvalue weighted by atomic mass is 32.2. The molecule has 1 aromatic heterocycles. The molecule has 0 bridgehead atoms. The highest BCUT2D eigenvalue weighted by Gasteiger charge is 2.25. The molecule has 0 aliphatic carbocycles. The van der Waals surface area contributed by atoms with E-state index in [1.54, 1.807) is 12.1 Å². The van der Waals surface area contributed by atoms with Gasteiger partial charge in [0.1, 0.15) is 5.69 Å². The van der Waals surface area contributed by atoms with Crippen LogP contribution in [-0.2, 0) is 23.1 Å². The van der Waals surface area contributed by atoms with Gasteiger partial charge in [-0.25, -0.2) is 13.4 Å². The molecule has 0 aliphatic rings. The first-order valence-corrected chi connectivity index (χ1v) is 11.7. The van der Waals surface area contributed by atoms with Crippen molar-refractivity contribution in [3.63, 3.8) is 0 Å². The quantitative estimate of drug-likeness (QED) is 0.429. The van der Waals surface area contributed by atoms with Crippen LogP contribution in [0.5, 0.6) is 0 Å². The van der Waals surface area contributed by atoms with Crippen LogP contribution in [0, 0.1) is 0 Å². The molecule has 1 N–H and O–H groups in total. The summed E-state index contributed by atoms with van der Waals surface area (Å²) in [6.45, 7) is 0.479. The summed E-state index contributed by atoms with van der Waals surface area (Å²) < 4.78 is 28.5. The molecule has 0 radical (unpaired) electrons. The number of anilines is 1. The maximum atomic E-state index is 13.5. The molecule has 8 heteroatoms. The normalized spacial score (nSPS) is 11.3. The highest BCUT2D eigenvalue weighted by molar-refractivity contribution is 7.89. The third-order valence-electron chi connectivity index (χ3n) is 4.95. The lowest BCUT2D eigenvalue weighted by Crippen LogP contribution is -2.30. The van der Waals surface area contributed by atoms with E-state index in [-0.39, 0.29) is 23.7 Å². The Morgan fingerprint density at radius 1 is 0.788 bits per heavy atom. The van der Waals surface area contributed by atoms with E-state index < -0.39 is 15.9 Å². The fraction of sp³-hybridized carbons (Fsp3) is 0.0800. The second kappa shape index (κ2) is 10.2. The maximum Gasteiger partial charge on any atom is 0.275 e. The minimum absolute atomic E-state index is 0.145. The number of sulfonamides is 1. The highest BCUT2D eigenvalue weighted by Crippen LogP contribution is 2.23. The molecule has 4 aromatic rings. The zero-order valence-corrected chi connectivity index (χ0v) is 18.5. The van der Waals surface area contributed by atoms with Gasteiger partial charge >= 0.3 is 0 Å². The van der Waals surface area contributed by atoms with Crippen LogP contribution in [0.3, 0.4) is 0 Å². The van der Waals surface area contributed by atoms with Crippen molar-refractivity contribution in [2.24, 2.45) is 0 Å². The fourth-order valence-corrected chi connectivity index (χ4v) is 4.69. The van der Waals surface area contributed by atoms with E-state index in [0.717, 1.165) is 11.1 Å². The number of carbonyl (C=O) groups excluding carboxylic acids is 1. The Balaban J connectivity index is 1.56. The first-order chi connectivity index (χ1) is 16.0. The molecule has 7 nitrogen and oxygen atoms in total. The third kappa shape index (κ3) is 5.68. The monoisotopic (exact) mass is 458 g/mol. The number of carbonyl (C=O) groups is 1. The van der Waals surface area contributed by atoms with Crippen LogP contribution in [-0.4, -0.2) is 28.6 Å². The number of hydrogen-bond acceptors (Lipinski definition) is 5. The van der Waals surface area contributed by atoms with E-state index in [1.165, 1.54) is 35.0 Å². The molecule has 1 amide bonds. The van der Waals surface area contributed by atoms with Crippen LogP contribution in [0.15, 0.2) is 108 Å². The van der Waals surface area contributed by atoms with E-state index in [1.807, 2.05) is 60.7 Å². The van der Waals surface area contributed by atoms with E-state index in [9.17, 15) is 13.2 Å². The standard InChI is InChI=1S/C25H22N4O3S/c30-25(24-17-26-15-16-27-24)28-22-11-13-23(14-12-22)33(31,32)29(18-20-7-3-1-4-8-20)19-21-9-5-2-6-10-21/h1-17H,18-19H2,(H,28,30). The first kappa shape index (κ1) is 22.3. The molecule has 33 heavy (non-hydrogen) atoms. The van der Waals surface area contributed by atoms with E-state index >= 15 is 0 Å². The Morgan fingerprint density at radius 2 is 1.36 bits per heavy atom. The average molecular weight is 459 g/mol. The van der Waals surface area contributed by atoms with Crippen molar-refractivity contribution in [2.45, 2.75) is 18.0 Å². The zero-order valence-electron chi connectivity index (χ0n) is 17.7. The van der Waals surface area contributed by atoms with Gasteiger partial charge in [-0.15, -0.1) is 0 Å². The maximum absolute atomic E-state index is 13.5. The van der Waals surface area contributed by atoms with Gasteiger partial charge in [-0.05, 0) is 35.4 Å². The lowest BCUT2D eigenvalue weighted by Gasteiger charge is -2.23. The molecule has 0 saturated heterocycles. The van der Waals surface area contributed by atoms with E-state index in [4.69, 9.17) is 0 Å². The van der Waals surface area contributed by atoms with Crippen molar-refractivity contribution in [2.75, 3.05) is 5.32 Å². The summed E-state index contributed by atoms with van der Waals surface area (Å²) in [5, 5.41) is 2.70. The molecule has 4 rings (SSSR count). The summed E-state index contributed by atoms with van der Waals surface area (Å²) in [6.07, 6.45) is 4.27. The van der Waals surface area contributed by atoms with Gasteiger partial charge in [-0.1, -0.05) is 60.7 Å². The number of hydrogen-bond donors (Lipinski definition) is 1. The molecule has 1 heterocycles. The molecule has 0 atom stereocenters. The van der Waals surface area contributed by atoms with Crippen molar-refractivity contribution in [1.29, 1.82) is 0 Å². The van der Waals surface area contributed by atoms with Gasteiger partial charge in [0.05, 0.1) is 11.1 Å². The molecule has 0 aliphatic heterocycles. The van der Waals surface area contributed by atoms with Crippen molar-refractivity contribution in [1.82, 2.24) is 14.3 Å². The number of nitrogens with zero attached hydrogens (tertiary/aromatic N) is 3. The fourth-order valence-electron chi connectivity index (χ4n) is 3.27. The summed E-state index contributed by atoms with van der Waals surface area (Å²) in [4.78, 5) is 20.2. The summed E-state index contributed by atoms with van der Waals surface area (Å²) in [5.41, 5.74) is 2.42. The predicted octanol–water partition coefficient (Wildman–Crippen LogP) is 4.12. The summed E-state index contributed by atoms with van der Waals surface area (Å²) in [7, 11) is -3.80. The first-order valence-electron chi connectivity index (χ1n) is 10.3. The molecule has 0 spiro atoms. The lowest BCUT2D eigenvalue weighted by atomic mass is 10.2. The molecule has 0 unspecified atom stereocenters. The summed E-state index contributed by atoms with van der Waals surface area (Å²) >= 11 is 0. The molecule has 0 saturated carbocycles. The van der Waals surface area contributed by atoms with Gasteiger partial charge in [-0.3, -0.25) is 9.78 Å². The Hall–Kier alpha value is -3.88. The van der Waals surface area contributed by atoms with Gasteiger partial charge in [0.15, 0.2) is 0 Å². The number of amides is 1. The van der Waals surface area contributed by atoms with Crippen LogP contribution in [0.1, 0.15) is 21.6 Å². The Bertz CT molecular complexity index is 1260. The van der Waals surface area contributed by atoms with Gasteiger partial charge in [0, 0.05) is 31.2 Å². The molecule has 166 valence electrons. The second-order valence-corrected chi connectivity index (χ2v) is 9.25. The van der Waals surface area contributed by atoms with Gasteiger partial charge < -0.3 is 5.32 Å².